The van der Waals surface area contributed by atoms with Crippen LogP contribution >= 0.6 is 0 Å². The number of guanidine groups is 1. The molecule has 1 unspecified atom stereocenters. The number of hydrogen-bond acceptors (Lipinski definition) is 3. The monoisotopic (exact) mass is 341 g/mol. The van der Waals surface area contributed by atoms with E-state index >= 15 is 0 Å². The highest BCUT2D eigenvalue weighted by Gasteiger charge is 2.15. The Hall–Kier alpha value is -2.27. The van der Waals surface area contributed by atoms with Crippen molar-refractivity contribution < 1.29 is 9.47 Å². The maximum absolute atomic E-state index is 5.85. The van der Waals surface area contributed by atoms with Crippen molar-refractivity contribution in [3.63, 3.8) is 0 Å². The summed E-state index contributed by atoms with van der Waals surface area (Å²) in [6.07, 6.45) is 3.51. The van der Waals surface area contributed by atoms with Gasteiger partial charge in [-0.3, -0.25) is 4.99 Å². The van der Waals surface area contributed by atoms with Crippen molar-refractivity contribution in [2.45, 2.75) is 25.4 Å². The van der Waals surface area contributed by atoms with E-state index < -0.39 is 0 Å². The Kier molecular flexibility index (Phi) is 6.51. The van der Waals surface area contributed by atoms with Crippen molar-refractivity contribution in [2.75, 3.05) is 33.4 Å². The topological polar surface area (TPSA) is 54.9 Å². The molecule has 1 heterocycles. The van der Waals surface area contributed by atoms with Gasteiger partial charge in [-0.2, -0.15) is 0 Å². The summed E-state index contributed by atoms with van der Waals surface area (Å²) in [4.78, 5) is 4.24. The summed E-state index contributed by atoms with van der Waals surface area (Å²) in [5.74, 6) is 1.74. The Morgan fingerprint density at radius 2 is 2.08 bits per heavy atom. The van der Waals surface area contributed by atoms with Gasteiger partial charge >= 0.3 is 0 Å². The molecule has 0 aromatic heterocycles. The first-order valence-corrected chi connectivity index (χ1v) is 9.03. The van der Waals surface area contributed by atoms with Crippen LogP contribution in [0.2, 0.25) is 0 Å². The van der Waals surface area contributed by atoms with E-state index in [2.05, 4.69) is 39.9 Å². The van der Waals surface area contributed by atoms with Crippen LogP contribution in [-0.2, 0) is 4.74 Å². The van der Waals surface area contributed by atoms with E-state index in [-0.39, 0.29) is 0 Å². The molecule has 3 rings (SSSR count). The number of aliphatic imine (C=N–C) groups is 1. The normalized spacial score (nSPS) is 17.6. The van der Waals surface area contributed by atoms with Crippen LogP contribution in [0.4, 0.5) is 0 Å². The molecular formula is C20H27N3O2. The highest BCUT2D eigenvalue weighted by atomic mass is 16.5. The third-order valence-corrected chi connectivity index (χ3v) is 4.35. The first-order valence-electron chi connectivity index (χ1n) is 9.03. The molecule has 1 aliphatic rings. The zero-order chi connectivity index (χ0) is 17.3. The van der Waals surface area contributed by atoms with Crippen molar-refractivity contribution in [3.05, 3.63) is 42.5 Å². The van der Waals surface area contributed by atoms with Gasteiger partial charge in [0.1, 0.15) is 5.75 Å². The Labute approximate surface area is 149 Å². The standard InChI is InChI=1S/C20H27N3O2/c1-21-20(23-15-19-8-4-12-25-19)22-11-5-13-24-18-10-9-16-6-2-3-7-17(16)14-18/h2-3,6-7,9-10,14,19H,4-5,8,11-13,15H2,1H3,(H2,21,22,23). The lowest BCUT2D eigenvalue weighted by Gasteiger charge is -2.15. The molecule has 2 N–H and O–H groups in total. The van der Waals surface area contributed by atoms with E-state index in [4.69, 9.17) is 9.47 Å². The lowest BCUT2D eigenvalue weighted by Crippen LogP contribution is -2.41. The molecule has 1 atom stereocenters. The van der Waals surface area contributed by atoms with Gasteiger partial charge in [-0.1, -0.05) is 30.3 Å². The summed E-state index contributed by atoms with van der Waals surface area (Å²) in [6, 6.07) is 14.5. The highest BCUT2D eigenvalue weighted by Crippen LogP contribution is 2.20. The number of fused-ring (bicyclic) bond motifs is 1. The fraction of sp³-hybridized carbons (Fsp3) is 0.450. The van der Waals surface area contributed by atoms with Crippen LogP contribution in [0.1, 0.15) is 19.3 Å². The van der Waals surface area contributed by atoms with Crippen molar-refractivity contribution >= 4 is 16.7 Å². The van der Waals surface area contributed by atoms with Crippen LogP contribution in [0, 0.1) is 0 Å². The summed E-state index contributed by atoms with van der Waals surface area (Å²) in [5.41, 5.74) is 0. The van der Waals surface area contributed by atoms with Gasteiger partial charge < -0.3 is 20.1 Å². The smallest absolute Gasteiger partial charge is 0.191 e. The number of ether oxygens (including phenoxy) is 2. The SMILES string of the molecule is CN=C(NCCCOc1ccc2ccccc2c1)NCC1CCCO1. The van der Waals surface area contributed by atoms with E-state index in [1.807, 2.05) is 18.2 Å². The van der Waals surface area contributed by atoms with Gasteiger partial charge in [0.2, 0.25) is 0 Å². The molecule has 1 aliphatic heterocycles. The van der Waals surface area contributed by atoms with Gasteiger partial charge in [0.15, 0.2) is 5.96 Å². The van der Waals surface area contributed by atoms with Crippen LogP contribution in [0.5, 0.6) is 5.75 Å². The molecule has 2 aromatic carbocycles. The second-order valence-corrected chi connectivity index (χ2v) is 6.23. The molecule has 0 amide bonds. The molecule has 0 aliphatic carbocycles. The average Bonchev–Trinajstić information content (AvgIpc) is 3.17. The molecule has 0 spiro atoms. The molecule has 0 radical (unpaired) electrons. The van der Waals surface area contributed by atoms with Crippen LogP contribution in [0.3, 0.4) is 0 Å². The molecule has 5 nitrogen and oxygen atoms in total. The molecule has 1 saturated heterocycles. The summed E-state index contributed by atoms with van der Waals surface area (Å²) in [6.45, 7) is 3.19. The number of benzene rings is 2. The summed E-state index contributed by atoms with van der Waals surface area (Å²) in [5, 5.41) is 9.07. The fourth-order valence-corrected chi connectivity index (χ4v) is 2.96. The minimum atomic E-state index is 0.315. The number of rotatable bonds is 7. The van der Waals surface area contributed by atoms with Gasteiger partial charge in [-0.05, 0) is 42.2 Å². The lowest BCUT2D eigenvalue weighted by molar-refractivity contribution is 0.114. The second kappa shape index (κ2) is 9.28. The Morgan fingerprint density at radius 3 is 2.88 bits per heavy atom. The summed E-state index contributed by atoms with van der Waals surface area (Å²) in [7, 11) is 1.79. The Bertz CT molecular complexity index is 696. The van der Waals surface area contributed by atoms with E-state index in [9.17, 15) is 0 Å². The van der Waals surface area contributed by atoms with Crippen LogP contribution < -0.4 is 15.4 Å². The van der Waals surface area contributed by atoms with Crippen molar-refractivity contribution in [3.8, 4) is 5.75 Å². The molecule has 25 heavy (non-hydrogen) atoms. The number of nitrogens with zero attached hydrogens (tertiary/aromatic N) is 1. The molecule has 0 bridgehead atoms. The van der Waals surface area contributed by atoms with Crippen molar-refractivity contribution in [1.29, 1.82) is 0 Å². The van der Waals surface area contributed by atoms with Crippen molar-refractivity contribution in [2.24, 2.45) is 4.99 Å². The van der Waals surface area contributed by atoms with Gasteiger partial charge in [0.25, 0.3) is 0 Å². The molecule has 2 aromatic rings. The fourth-order valence-electron chi connectivity index (χ4n) is 2.96. The highest BCUT2D eigenvalue weighted by molar-refractivity contribution is 5.83. The molecular weight excluding hydrogens is 314 g/mol. The zero-order valence-corrected chi connectivity index (χ0v) is 14.8. The maximum atomic E-state index is 5.85. The minimum absolute atomic E-state index is 0.315. The minimum Gasteiger partial charge on any atom is -0.494 e. The van der Waals surface area contributed by atoms with Gasteiger partial charge in [0, 0.05) is 26.7 Å². The second-order valence-electron chi connectivity index (χ2n) is 6.23. The Morgan fingerprint density at radius 1 is 1.20 bits per heavy atom. The van der Waals surface area contributed by atoms with Gasteiger partial charge in [-0.15, -0.1) is 0 Å². The number of hydrogen-bond donors (Lipinski definition) is 2. The number of nitrogens with one attached hydrogen (secondary N) is 2. The predicted molar refractivity (Wildman–Crippen MR) is 102 cm³/mol. The lowest BCUT2D eigenvalue weighted by atomic mass is 10.1. The molecule has 0 saturated carbocycles. The first kappa shape index (κ1) is 17.5. The quantitative estimate of drug-likeness (QED) is 0.462. The van der Waals surface area contributed by atoms with Crippen molar-refractivity contribution in [1.82, 2.24) is 10.6 Å². The first-order chi connectivity index (χ1) is 12.3. The third-order valence-electron chi connectivity index (χ3n) is 4.35. The van der Waals surface area contributed by atoms with Gasteiger partial charge in [0.05, 0.1) is 12.7 Å². The summed E-state index contributed by atoms with van der Waals surface area (Å²) >= 11 is 0. The zero-order valence-electron chi connectivity index (χ0n) is 14.8. The predicted octanol–water partition coefficient (Wildman–Crippen LogP) is 2.95. The summed E-state index contributed by atoms with van der Waals surface area (Å²) < 4.78 is 11.5. The van der Waals surface area contributed by atoms with E-state index in [0.717, 1.165) is 50.7 Å². The largest absolute Gasteiger partial charge is 0.494 e. The van der Waals surface area contributed by atoms with E-state index in [0.29, 0.717) is 12.7 Å². The van der Waals surface area contributed by atoms with Crippen LogP contribution in [0.25, 0.3) is 10.8 Å². The average molecular weight is 341 g/mol. The van der Waals surface area contributed by atoms with Gasteiger partial charge in [-0.25, -0.2) is 0 Å². The molecule has 134 valence electrons. The van der Waals surface area contributed by atoms with Crippen LogP contribution in [0.15, 0.2) is 47.5 Å². The molecule has 1 fully saturated rings. The third kappa shape index (κ3) is 5.36. The Balaban J connectivity index is 1.34. The molecule has 5 heteroatoms. The van der Waals surface area contributed by atoms with E-state index in [1.165, 1.54) is 10.8 Å². The van der Waals surface area contributed by atoms with E-state index in [1.54, 1.807) is 7.05 Å². The maximum Gasteiger partial charge on any atom is 0.191 e. The van der Waals surface area contributed by atoms with Crippen LogP contribution in [-0.4, -0.2) is 45.4 Å².